The third kappa shape index (κ3) is 3.15. The lowest BCUT2D eigenvalue weighted by Crippen LogP contribution is -2.44. The van der Waals surface area contributed by atoms with Gasteiger partial charge >= 0.3 is 0 Å². The van der Waals surface area contributed by atoms with Crippen molar-refractivity contribution in [1.29, 1.82) is 0 Å². The van der Waals surface area contributed by atoms with Crippen molar-refractivity contribution in [1.82, 2.24) is 10.2 Å². The highest BCUT2D eigenvalue weighted by atomic mass is 32.2. The number of likely N-dealkylation sites (N-methyl/N-ethyl adjacent to an activating group) is 1. The van der Waals surface area contributed by atoms with Crippen LogP contribution in [0.5, 0.6) is 0 Å². The van der Waals surface area contributed by atoms with E-state index in [2.05, 4.69) is 17.3 Å². The van der Waals surface area contributed by atoms with Gasteiger partial charge in [0.25, 0.3) is 0 Å². The largest absolute Gasteiger partial charge is 0.308 e. The van der Waals surface area contributed by atoms with Gasteiger partial charge in [0.2, 0.25) is 0 Å². The predicted octanol–water partition coefficient (Wildman–Crippen LogP) is 1.98. The lowest BCUT2D eigenvalue weighted by molar-refractivity contribution is 0.177. The average molecular weight is 308 g/mol. The fourth-order valence-electron chi connectivity index (χ4n) is 3.48. The fourth-order valence-corrected chi connectivity index (χ4v) is 5.10. The zero-order valence-corrected chi connectivity index (χ0v) is 13.4. The number of fused-ring (bicyclic) bond motifs is 1. The first-order chi connectivity index (χ1) is 10.1. The number of rotatable bonds is 3. The minimum atomic E-state index is -3.08. The van der Waals surface area contributed by atoms with Gasteiger partial charge in [-0.15, -0.1) is 0 Å². The van der Waals surface area contributed by atoms with Crippen molar-refractivity contribution in [3.8, 4) is 0 Å². The number of benzene rings is 1. The smallest absolute Gasteiger partial charge is 0.178 e. The van der Waals surface area contributed by atoms with Crippen molar-refractivity contribution in [3.05, 3.63) is 29.8 Å². The van der Waals surface area contributed by atoms with Gasteiger partial charge in [0.05, 0.1) is 10.6 Å². The molecule has 0 radical (unpaired) electrons. The maximum Gasteiger partial charge on any atom is 0.178 e. The van der Waals surface area contributed by atoms with Crippen LogP contribution >= 0.6 is 0 Å². The first kappa shape index (κ1) is 15.0. The quantitative estimate of drug-likeness (QED) is 0.927. The SMILES string of the molecule is CN1CCCCC1CNC1CCS(=O)(=O)c2ccccc21. The number of hydrogen-bond donors (Lipinski definition) is 1. The van der Waals surface area contributed by atoms with Gasteiger partial charge in [-0.25, -0.2) is 8.42 Å². The Morgan fingerprint density at radius 2 is 2.05 bits per heavy atom. The van der Waals surface area contributed by atoms with Crippen molar-refractivity contribution in [2.45, 2.75) is 42.7 Å². The topological polar surface area (TPSA) is 49.4 Å². The zero-order chi connectivity index (χ0) is 14.9. The van der Waals surface area contributed by atoms with Crippen molar-refractivity contribution in [2.24, 2.45) is 0 Å². The summed E-state index contributed by atoms with van der Waals surface area (Å²) >= 11 is 0. The third-order valence-electron chi connectivity index (χ3n) is 4.83. The van der Waals surface area contributed by atoms with Crippen LogP contribution in [0.4, 0.5) is 0 Å². The summed E-state index contributed by atoms with van der Waals surface area (Å²) < 4.78 is 24.3. The fraction of sp³-hybridized carbons (Fsp3) is 0.625. The summed E-state index contributed by atoms with van der Waals surface area (Å²) in [6, 6.07) is 8.18. The van der Waals surface area contributed by atoms with Crippen molar-refractivity contribution < 1.29 is 8.42 Å². The van der Waals surface area contributed by atoms with Crippen LogP contribution in [0.25, 0.3) is 0 Å². The first-order valence-corrected chi connectivity index (χ1v) is 9.48. The maximum absolute atomic E-state index is 12.1. The molecule has 0 amide bonds. The van der Waals surface area contributed by atoms with E-state index < -0.39 is 9.84 Å². The van der Waals surface area contributed by atoms with Crippen LogP contribution < -0.4 is 5.32 Å². The van der Waals surface area contributed by atoms with E-state index in [0.29, 0.717) is 17.4 Å². The molecule has 21 heavy (non-hydrogen) atoms. The number of nitrogens with one attached hydrogen (secondary N) is 1. The van der Waals surface area contributed by atoms with Gasteiger partial charge in [0.1, 0.15) is 0 Å². The maximum atomic E-state index is 12.1. The Labute approximate surface area is 127 Å². The van der Waals surface area contributed by atoms with Gasteiger partial charge in [0.15, 0.2) is 9.84 Å². The second kappa shape index (κ2) is 6.07. The summed E-state index contributed by atoms with van der Waals surface area (Å²) in [5, 5.41) is 3.61. The van der Waals surface area contributed by atoms with Crippen molar-refractivity contribution in [3.63, 3.8) is 0 Å². The van der Waals surface area contributed by atoms with Crippen LogP contribution in [0.15, 0.2) is 29.2 Å². The summed E-state index contributed by atoms with van der Waals surface area (Å²) in [6.07, 6.45) is 4.50. The highest BCUT2D eigenvalue weighted by Gasteiger charge is 2.30. The zero-order valence-electron chi connectivity index (χ0n) is 12.6. The van der Waals surface area contributed by atoms with Gasteiger partial charge in [0, 0.05) is 18.6 Å². The normalized spacial score (nSPS) is 29.0. The molecule has 0 aromatic heterocycles. The molecular formula is C16H24N2O2S. The number of likely N-dealkylation sites (tertiary alicyclic amines) is 1. The highest BCUT2D eigenvalue weighted by Crippen LogP contribution is 2.32. The molecule has 5 heteroatoms. The van der Waals surface area contributed by atoms with E-state index in [1.165, 1.54) is 25.8 Å². The number of hydrogen-bond acceptors (Lipinski definition) is 4. The van der Waals surface area contributed by atoms with Gasteiger partial charge in [-0.1, -0.05) is 24.6 Å². The van der Waals surface area contributed by atoms with E-state index in [-0.39, 0.29) is 11.8 Å². The van der Waals surface area contributed by atoms with Crippen molar-refractivity contribution in [2.75, 3.05) is 25.9 Å². The third-order valence-corrected chi connectivity index (χ3v) is 6.64. The average Bonchev–Trinajstić information content (AvgIpc) is 2.48. The minimum absolute atomic E-state index is 0.167. The monoisotopic (exact) mass is 308 g/mol. The molecule has 0 aliphatic carbocycles. The highest BCUT2D eigenvalue weighted by molar-refractivity contribution is 7.91. The Kier molecular flexibility index (Phi) is 4.33. The van der Waals surface area contributed by atoms with E-state index in [1.807, 2.05) is 18.2 Å². The summed E-state index contributed by atoms with van der Waals surface area (Å²) in [5.41, 5.74) is 0.946. The molecule has 1 fully saturated rings. The Hall–Kier alpha value is -0.910. The molecule has 2 atom stereocenters. The molecular weight excluding hydrogens is 284 g/mol. The van der Waals surface area contributed by atoms with Crippen LogP contribution in [0, 0.1) is 0 Å². The molecule has 2 unspecified atom stereocenters. The van der Waals surface area contributed by atoms with Crippen LogP contribution in [0.3, 0.4) is 0 Å². The molecule has 1 aromatic carbocycles. The Morgan fingerprint density at radius 1 is 1.24 bits per heavy atom. The molecule has 1 aromatic rings. The van der Waals surface area contributed by atoms with E-state index in [4.69, 9.17) is 0 Å². The number of piperidine rings is 1. The second-order valence-electron chi connectivity index (χ2n) is 6.24. The lowest BCUT2D eigenvalue weighted by Gasteiger charge is -2.35. The second-order valence-corrected chi connectivity index (χ2v) is 8.31. The molecule has 0 bridgehead atoms. The lowest BCUT2D eigenvalue weighted by atomic mass is 10.0. The Bertz CT molecular complexity index is 600. The van der Waals surface area contributed by atoms with Crippen LogP contribution in [-0.4, -0.2) is 45.2 Å². The van der Waals surface area contributed by atoms with Gasteiger partial charge < -0.3 is 10.2 Å². The van der Waals surface area contributed by atoms with Crippen LogP contribution in [0.1, 0.15) is 37.3 Å². The number of sulfone groups is 1. The van der Waals surface area contributed by atoms with E-state index in [0.717, 1.165) is 12.1 Å². The molecule has 1 saturated heterocycles. The van der Waals surface area contributed by atoms with E-state index in [9.17, 15) is 8.42 Å². The van der Waals surface area contributed by atoms with Gasteiger partial charge in [-0.05, 0) is 44.5 Å². The summed E-state index contributed by atoms with van der Waals surface area (Å²) in [4.78, 5) is 2.94. The van der Waals surface area contributed by atoms with Crippen LogP contribution in [-0.2, 0) is 9.84 Å². The standard InChI is InChI=1S/C16H24N2O2S/c1-18-10-5-4-6-13(18)12-17-15-9-11-21(19,20)16-8-3-2-7-14(15)16/h2-3,7-8,13,15,17H,4-6,9-12H2,1H3. The predicted molar refractivity (Wildman–Crippen MR) is 84.1 cm³/mol. The summed E-state index contributed by atoms with van der Waals surface area (Å²) in [7, 11) is -0.894. The van der Waals surface area contributed by atoms with Gasteiger partial charge in [-0.3, -0.25) is 0 Å². The molecule has 2 aliphatic rings. The molecule has 2 heterocycles. The number of nitrogens with zero attached hydrogens (tertiary/aromatic N) is 1. The van der Waals surface area contributed by atoms with Crippen molar-refractivity contribution >= 4 is 9.84 Å². The minimum Gasteiger partial charge on any atom is -0.308 e. The van der Waals surface area contributed by atoms with E-state index >= 15 is 0 Å². The Morgan fingerprint density at radius 3 is 2.86 bits per heavy atom. The first-order valence-electron chi connectivity index (χ1n) is 7.83. The van der Waals surface area contributed by atoms with Gasteiger partial charge in [-0.2, -0.15) is 0 Å². The molecule has 1 N–H and O–H groups in total. The molecule has 4 nitrogen and oxygen atoms in total. The molecule has 2 aliphatic heterocycles. The Balaban J connectivity index is 1.72. The van der Waals surface area contributed by atoms with E-state index in [1.54, 1.807) is 6.07 Å². The molecule has 116 valence electrons. The molecule has 0 saturated carbocycles. The molecule has 3 rings (SSSR count). The summed E-state index contributed by atoms with van der Waals surface area (Å²) in [5.74, 6) is 0.252. The summed E-state index contributed by atoms with van der Waals surface area (Å²) in [6.45, 7) is 2.11. The molecule has 0 spiro atoms. The van der Waals surface area contributed by atoms with Crippen LogP contribution in [0.2, 0.25) is 0 Å².